The van der Waals surface area contributed by atoms with Gasteiger partial charge in [0.25, 0.3) is 0 Å². The number of nitrogens with one attached hydrogen (secondary N) is 1. The molecular weight excluding hydrogens is 292 g/mol. The normalized spacial score (nSPS) is 28.5. The van der Waals surface area contributed by atoms with Crippen LogP contribution in [0.4, 0.5) is 4.79 Å². The number of aliphatic carboxylic acids is 1. The van der Waals surface area contributed by atoms with Crippen LogP contribution in [-0.2, 0) is 9.53 Å². The van der Waals surface area contributed by atoms with Gasteiger partial charge in [-0.1, -0.05) is 6.92 Å². The third-order valence-corrected chi connectivity index (χ3v) is 5.40. The molecule has 6 nitrogen and oxygen atoms in total. The minimum absolute atomic E-state index is 0.161. The van der Waals surface area contributed by atoms with Crippen molar-refractivity contribution >= 4 is 23.8 Å². The van der Waals surface area contributed by atoms with E-state index in [1.54, 1.807) is 4.90 Å². The van der Waals surface area contributed by atoms with E-state index in [4.69, 9.17) is 4.74 Å². The molecule has 120 valence electrons. The van der Waals surface area contributed by atoms with Gasteiger partial charge in [-0.2, -0.15) is 11.8 Å². The van der Waals surface area contributed by atoms with Gasteiger partial charge < -0.3 is 20.1 Å². The lowest BCUT2D eigenvalue weighted by molar-refractivity contribution is -0.142. The molecule has 2 N–H and O–H groups in total. The Kier molecular flexibility index (Phi) is 6.17. The van der Waals surface area contributed by atoms with Crippen molar-refractivity contribution in [2.45, 2.75) is 37.5 Å². The monoisotopic (exact) mass is 316 g/mol. The Morgan fingerprint density at radius 3 is 2.86 bits per heavy atom. The molecule has 3 unspecified atom stereocenters. The number of thioether (sulfide) groups is 1. The molecule has 2 aliphatic heterocycles. The number of carbonyl (C=O) groups excluding carboxylic acids is 1. The summed E-state index contributed by atoms with van der Waals surface area (Å²) in [6.07, 6.45) is 3.15. The Morgan fingerprint density at radius 2 is 2.24 bits per heavy atom. The average molecular weight is 316 g/mol. The maximum Gasteiger partial charge on any atom is 0.317 e. The van der Waals surface area contributed by atoms with Crippen LogP contribution in [0.2, 0.25) is 0 Å². The van der Waals surface area contributed by atoms with Crippen molar-refractivity contribution in [2.75, 3.05) is 32.1 Å². The van der Waals surface area contributed by atoms with Crippen LogP contribution in [0.5, 0.6) is 0 Å². The molecule has 2 saturated heterocycles. The van der Waals surface area contributed by atoms with Crippen molar-refractivity contribution < 1.29 is 19.4 Å². The number of rotatable bonds is 6. The number of carboxylic acid groups (broad SMARTS) is 1. The Morgan fingerprint density at radius 1 is 1.43 bits per heavy atom. The summed E-state index contributed by atoms with van der Waals surface area (Å²) in [5.41, 5.74) is 0. The van der Waals surface area contributed by atoms with Crippen LogP contribution < -0.4 is 5.32 Å². The van der Waals surface area contributed by atoms with E-state index < -0.39 is 11.9 Å². The quantitative estimate of drug-likeness (QED) is 0.774. The molecule has 0 spiro atoms. The van der Waals surface area contributed by atoms with E-state index in [9.17, 15) is 14.7 Å². The van der Waals surface area contributed by atoms with Crippen molar-refractivity contribution in [3.63, 3.8) is 0 Å². The van der Waals surface area contributed by atoms with E-state index in [0.29, 0.717) is 24.9 Å². The van der Waals surface area contributed by atoms with Gasteiger partial charge in [0.1, 0.15) is 5.92 Å². The molecule has 2 rings (SSSR count). The van der Waals surface area contributed by atoms with Crippen molar-refractivity contribution in [2.24, 2.45) is 5.92 Å². The first kappa shape index (κ1) is 16.4. The highest BCUT2D eigenvalue weighted by molar-refractivity contribution is 8.00. The van der Waals surface area contributed by atoms with E-state index in [2.05, 4.69) is 5.32 Å². The van der Waals surface area contributed by atoms with Gasteiger partial charge in [0.2, 0.25) is 0 Å². The zero-order valence-electron chi connectivity index (χ0n) is 12.4. The van der Waals surface area contributed by atoms with E-state index in [0.717, 1.165) is 18.6 Å². The Hall–Kier alpha value is -0.950. The topological polar surface area (TPSA) is 78.9 Å². The predicted molar refractivity (Wildman–Crippen MR) is 81.6 cm³/mol. The summed E-state index contributed by atoms with van der Waals surface area (Å²) < 4.78 is 5.28. The Bertz CT molecular complexity index is 374. The molecule has 0 radical (unpaired) electrons. The van der Waals surface area contributed by atoms with Crippen LogP contribution in [-0.4, -0.2) is 65.4 Å². The molecule has 3 atom stereocenters. The number of hydrogen-bond donors (Lipinski definition) is 2. The molecule has 2 amide bonds. The van der Waals surface area contributed by atoms with Gasteiger partial charge in [-0.25, -0.2) is 4.79 Å². The number of hydrogen-bond acceptors (Lipinski definition) is 4. The second-order valence-corrected chi connectivity index (χ2v) is 6.97. The smallest absolute Gasteiger partial charge is 0.317 e. The van der Waals surface area contributed by atoms with Crippen molar-refractivity contribution in [3.8, 4) is 0 Å². The van der Waals surface area contributed by atoms with Crippen LogP contribution in [0.1, 0.15) is 26.2 Å². The maximum atomic E-state index is 12.4. The average Bonchev–Trinajstić information content (AvgIpc) is 3.12. The summed E-state index contributed by atoms with van der Waals surface area (Å²) in [6.45, 7) is 3.70. The summed E-state index contributed by atoms with van der Waals surface area (Å²) in [5.74, 6) is -0.350. The fraction of sp³-hybridized carbons (Fsp3) is 0.857. The van der Waals surface area contributed by atoms with Crippen molar-refractivity contribution in [3.05, 3.63) is 0 Å². The Labute approximate surface area is 129 Å². The lowest BCUT2D eigenvalue weighted by Crippen LogP contribution is -2.51. The molecule has 0 aromatic carbocycles. The van der Waals surface area contributed by atoms with Crippen molar-refractivity contribution in [1.82, 2.24) is 10.2 Å². The zero-order valence-corrected chi connectivity index (χ0v) is 13.2. The molecule has 0 aromatic rings. The number of amides is 2. The number of carboxylic acids is 1. The second-order valence-electron chi connectivity index (χ2n) is 5.56. The second kappa shape index (κ2) is 7.89. The zero-order chi connectivity index (χ0) is 15.2. The summed E-state index contributed by atoms with van der Waals surface area (Å²) >= 11 is 1.90. The molecule has 0 aromatic heterocycles. The lowest BCUT2D eigenvalue weighted by Gasteiger charge is -2.30. The molecule has 2 heterocycles. The van der Waals surface area contributed by atoms with Gasteiger partial charge in [-0.05, 0) is 25.0 Å². The first-order valence-corrected chi connectivity index (χ1v) is 8.65. The molecule has 0 aliphatic carbocycles. The molecule has 2 fully saturated rings. The van der Waals surface area contributed by atoms with E-state index >= 15 is 0 Å². The predicted octanol–water partition coefficient (Wildman–Crippen LogP) is 1.40. The molecule has 0 saturated carbocycles. The molecular formula is C14H24N2O4S. The highest BCUT2D eigenvalue weighted by Crippen LogP contribution is 2.25. The molecule has 0 bridgehead atoms. The van der Waals surface area contributed by atoms with Crippen LogP contribution in [0.3, 0.4) is 0 Å². The number of urea groups is 1. The van der Waals surface area contributed by atoms with Crippen molar-refractivity contribution in [1.29, 1.82) is 0 Å². The summed E-state index contributed by atoms with van der Waals surface area (Å²) in [5, 5.41) is 12.7. The summed E-state index contributed by atoms with van der Waals surface area (Å²) in [4.78, 5) is 25.3. The van der Waals surface area contributed by atoms with Gasteiger partial charge in [-0.15, -0.1) is 0 Å². The Balaban J connectivity index is 1.93. The largest absolute Gasteiger partial charge is 0.481 e. The van der Waals surface area contributed by atoms with Crippen LogP contribution in [0.15, 0.2) is 0 Å². The number of nitrogens with zero attached hydrogens (tertiary/aromatic N) is 1. The molecule has 21 heavy (non-hydrogen) atoms. The van der Waals surface area contributed by atoms with Gasteiger partial charge in [0.05, 0.1) is 19.3 Å². The van der Waals surface area contributed by atoms with Gasteiger partial charge in [0.15, 0.2) is 0 Å². The SMILES string of the molecule is CCCN(C(=O)NCC1CCCS1)C1COCC1C(=O)O. The molecule has 7 heteroatoms. The first-order valence-electron chi connectivity index (χ1n) is 7.60. The molecule has 2 aliphatic rings. The highest BCUT2D eigenvalue weighted by atomic mass is 32.2. The van der Waals surface area contributed by atoms with Crippen LogP contribution in [0, 0.1) is 5.92 Å². The van der Waals surface area contributed by atoms with Gasteiger partial charge in [-0.3, -0.25) is 4.79 Å². The maximum absolute atomic E-state index is 12.4. The standard InChI is InChI=1S/C14H24N2O4S/c1-2-5-16(12-9-20-8-11(12)13(17)18)14(19)15-7-10-4-3-6-21-10/h10-12H,2-9H2,1H3,(H,15,19)(H,17,18). The van der Waals surface area contributed by atoms with Crippen LogP contribution >= 0.6 is 11.8 Å². The first-order chi connectivity index (χ1) is 10.1. The third-order valence-electron chi connectivity index (χ3n) is 4.00. The van der Waals surface area contributed by atoms with Crippen LogP contribution in [0.25, 0.3) is 0 Å². The van der Waals surface area contributed by atoms with E-state index in [1.165, 1.54) is 6.42 Å². The minimum Gasteiger partial charge on any atom is -0.481 e. The summed E-state index contributed by atoms with van der Waals surface area (Å²) in [6, 6.07) is -0.523. The minimum atomic E-state index is -0.891. The number of ether oxygens (including phenoxy) is 1. The van der Waals surface area contributed by atoms with Gasteiger partial charge >= 0.3 is 12.0 Å². The van der Waals surface area contributed by atoms with E-state index in [1.807, 2.05) is 18.7 Å². The third kappa shape index (κ3) is 4.26. The van der Waals surface area contributed by atoms with E-state index in [-0.39, 0.29) is 18.7 Å². The number of carbonyl (C=O) groups is 2. The fourth-order valence-corrected chi connectivity index (χ4v) is 4.05. The summed E-state index contributed by atoms with van der Waals surface area (Å²) in [7, 11) is 0. The lowest BCUT2D eigenvalue weighted by atomic mass is 10.0. The fourth-order valence-electron chi connectivity index (χ4n) is 2.85. The van der Waals surface area contributed by atoms with Gasteiger partial charge in [0, 0.05) is 18.3 Å². The highest BCUT2D eigenvalue weighted by Gasteiger charge is 2.39.